The van der Waals surface area contributed by atoms with Crippen molar-refractivity contribution in [3.63, 3.8) is 0 Å². The van der Waals surface area contributed by atoms with Gasteiger partial charge in [-0.1, -0.05) is 39.5 Å². The van der Waals surface area contributed by atoms with Gasteiger partial charge in [-0.15, -0.1) is 0 Å². The van der Waals surface area contributed by atoms with Crippen LogP contribution in [0.15, 0.2) is 0 Å². The molecule has 0 rings (SSSR count). The molecule has 0 heterocycles. The molecule has 0 radical (unpaired) electrons. The molecule has 4 nitrogen and oxygen atoms in total. The van der Waals surface area contributed by atoms with E-state index in [1.165, 1.54) is 19.3 Å². The lowest BCUT2D eigenvalue weighted by atomic mass is 10.2. The Labute approximate surface area is 118 Å². The van der Waals surface area contributed by atoms with Gasteiger partial charge in [-0.2, -0.15) is 0 Å². The summed E-state index contributed by atoms with van der Waals surface area (Å²) in [5.74, 6) is 0. The molecule has 0 bridgehead atoms. The molecule has 0 aliphatic heterocycles. The number of aliphatic hydroxyl groups excluding tert-OH is 1. The highest BCUT2D eigenvalue weighted by molar-refractivity contribution is 4.51. The van der Waals surface area contributed by atoms with Gasteiger partial charge in [0.05, 0.1) is 26.4 Å². The highest BCUT2D eigenvalue weighted by Crippen LogP contribution is 1.99. The van der Waals surface area contributed by atoms with Crippen molar-refractivity contribution in [1.82, 2.24) is 0 Å². The predicted molar refractivity (Wildman–Crippen MR) is 77.5 cm³/mol. The molecule has 116 valence electrons. The van der Waals surface area contributed by atoms with Crippen LogP contribution in [-0.4, -0.2) is 50.9 Å². The van der Waals surface area contributed by atoms with Gasteiger partial charge in [0, 0.05) is 13.2 Å². The van der Waals surface area contributed by atoms with E-state index in [9.17, 15) is 5.11 Å². The Hall–Kier alpha value is -0.160. The van der Waals surface area contributed by atoms with Gasteiger partial charge in [-0.3, -0.25) is 0 Å². The normalized spacial score (nSPS) is 12.8. The van der Waals surface area contributed by atoms with Crippen molar-refractivity contribution >= 4 is 0 Å². The van der Waals surface area contributed by atoms with Gasteiger partial charge in [0.1, 0.15) is 6.10 Å². The molecule has 0 unspecified atom stereocenters. The SMILES string of the molecule is CCCCCCOC[C@@H](O)COCCOCCCC. The third-order valence-electron chi connectivity index (χ3n) is 2.78. The lowest BCUT2D eigenvalue weighted by Gasteiger charge is -2.12. The zero-order valence-electron chi connectivity index (χ0n) is 12.7. The van der Waals surface area contributed by atoms with E-state index in [-0.39, 0.29) is 0 Å². The number of unbranched alkanes of at least 4 members (excludes halogenated alkanes) is 4. The third-order valence-corrected chi connectivity index (χ3v) is 2.78. The monoisotopic (exact) mass is 276 g/mol. The number of aliphatic hydroxyl groups is 1. The van der Waals surface area contributed by atoms with Crippen molar-refractivity contribution in [1.29, 1.82) is 0 Å². The summed E-state index contributed by atoms with van der Waals surface area (Å²) in [5.41, 5.74) is 0. The van der Waals surface area contributed by atoms with E-state index < -0.39 is 6.10 Å². The van der Waals surface area contributed by atoms with E-state index in [1.54, 1.807) is 0 Å². The van der Waals surface area contributed by atoms with E-state index in [0.717, 1.165) is 32.5 Å². The fourth-order valence-corrected chi connectivity index (χ4v) is 1.58. The van der Waals surface area contributed by atoms with Crippen LogP contribution < -0.4 is 0 Å². The molecule has 0 saturated heterocycles. The van der Waals surface area contributed by atoms with E-state index >= 15 is 0 Å². The quantitative estimate of drug-likeness (QED) is 0.467. The van der Waals surface area contributed by atoms with Crippen molar-refractivity contribution < 1.29 is 19.3 Å². The molecule has 0 amide bonds. The predicted octanol–water partition coefficient (Wildman–Crippen LogP) is 2.78. The molecular weight excluding hydrogens is 244 g/mol. The average Bonchev–Trinajstić information content (AvgIpc) is 2.41. The maximum absolute atomic E-state index is 9.60. The maximum Gasteiger partial charge on any atom is 0.101 e. The standard InChI is InChI=1S/C15H32O4/c1-3-5-7-8-10-18-13-15(16)14-19-12-11-17-9-6-4-2/h15-16H,3-14H2,1-2H3/t15-/m1/s1. The van der Waals surface area contributed by atoms with E-state index in [4.69, 9.17) is 14.2 Å². The van der Waals surface area contributed by atoms with Gasteiger partial charge in [0.25, 0.3) is 0 Å². The minimum Gasteiger partial charge on any atom is -0.388 e. The van der Waals surface area contributed by atoms with Crippen LogP contribution in [0.3, 0.4) is 0 Å². The fraction of sp³-hybridized carbons (Fsp3) is 1.00. The Bertz CT molecular complexity index is 164. The first-order valence-electron chi connectivity index (χ1n) is 7.72. The summed E-state index contributed by atoms with van der Waals surface area (Å²) in [6.07, 6.45) is 6.49. The first-order valence-corrected chi connectivity index (χ1v) is 7.72. The summed E-state index contributed by atoms with van der Waals surface area (Å²) in [7, 11) is 0. The van der Waals surface area contributed by atoms with Crippen LogP contribution >= 0.6 is 0 Å². The lowest BCUT2D eigenvalue weighted by Crippen LogP contribution is -2.23. The van der Waals surface area contributed by atoms with Gasteiger partial charge < -0.3 is 19.3 Å². The van der Waals surface area contributed by atoms with Crippen molar-refractivity contribution in [3.8, 4) is 0 Å². The molecule has 4 heteroatoms. The average molecular weight is 276 g/mol. The Kier molecular flexibility index (Phi) is 15.8. The Morgan fingerprint density at radius 2 is 1.26 bits per heavy atom. The highest BCUT2D eigenvalue weighted by atomic mass is 16.5. The van der Waals surface area contributed by atoms with Crippen LogP contribution in [0.4, 0.5) is 0 Å². The molecule has 1 atom stereocenters. The van der Waals surface area contributed by atoms with Crippen LogP contribution in [0.2, 0.25) is 0 Å². The van der Waals surface area contributed by atoms with Crippen molar-refractivity contribution in [3.05, 3.63) is 0 Å². The Morgan fingerprint density at radius 3 is 1.95 bits per heavy atom. The summed E-state index contributed by atoms with van der Waals surface area (Å²) in [5, 5.41) is 9.60. The molecular formula is C15H32O4. The van der Waals surface area contributed by atoms with E-state index in [1.807, 2.05) is 0 Å². The van der Waals surface area contributed by atoms with Gasteiger partial charge in [-0.05, 0) is 12.8 Å². The summed E-state index contributed by atoms with van der Waals surface area (Å²) >= 11 is 0. The number of rotatable bonds is 15. The minimum atomic E-state index is -0.526. The van der Waals surface area contributed by atoms with Gasteiger partial charge in [0.2, 0.25) is 0 Å². The lowest BCUT2D eigenvalue weighted by molar-refractivity contribution is -0.0325. The molecule has 0 aromatic carbocycles. The van der Waals surface area contributed by atoms with Crippen LogP contribution in [0, 0.1) is 0 Å². The van der Waals surface area contributed by atoms with Crippen LogP contribution in [0.25, 0.3) is 0 Å². The molecule has 0 aromatic heterocycles. The smallest absolute Gasteiger partial charge is 0.101 e. The molecule has 0 aliphatic carbocycles. The molecule has 1 N–H and O–H groups in total. The first kappa shape index (κ1) is 18.8. The number of hydrogen-bond donors (Lipinski definition) is 1. The van der Waals surface area contributed by atoms with E-state index in [2.05, 4.69) is 13.8 Å². The van der Waals surface area contributed by atoms with Gasteiger partial charge in [0.15, 0.2) is 0 Å². The van der Waals surface area contributed by atoms with Gasteiger partial charge in [-0.25, -0.2) is 0 Å². The molecule has 0 fully saturated rings. The van der Waals surface area contributed by atoms with E-state index in [0.29, 0.717) is 26.4 Å². The Balaban J connectivity index is 3.10. The van der Waals surface area contributed by atoms with Gasteiger partial charge >= 0.3 is 0 Å². The number of ether oxygens (including phenoxy) is 3. The largest absolute Gasteiger partial charge is 0.388 e. The molecule has 19 heavy (non-hydrogen) atoms. The van der Waals surface area contributed by atoms with Crippen LogP contribution in [0.5, 0.6) is 0 Å². The molecule has 0 saturated carbocycles. The highest BCUT2D eigenvalue weighted by Gasteiger charge is 2.04. The molecule has 0 spiro atoms. The Morgan fingerprint density at radius 1 is 0.684 bits per heavy atom. The first-order chi connectivity index (χ1) is 9.31. The summed E-state index contributed by atoms with van der Waals surface area (Å²) in [6.45, 7) is 7.68. The molecule has 0 aliphatic rings. The maximum atomic E-state index is 9.60. The summed E-state index contributed by atoms with van der Waals surface area (Å²) in [4.78, 5) is 0. The van der Waals surface area contributed by atoms with Crippen LogP contribution in [-0.2, 0) is 14.2 Å². The second-order valence-electron chi connectivity index (χ2n) is 4.83. The minimum absolute atomic E-state index is 0.325. The van der Waals surface area contributed by atoms with Crippen molar-refractivity contribution in [2.75, 3.05) is 39.6 Å². The molecule has 0 aromatic rings. The van der Waals surface area contributed by atoms with Crippen molar-refractivity contribution in [2.45, 2.75) is 58.5 Å². The second kappa shape index (κ2) is 15.9. The third kappa shape index (κ3) is 15.8. The van der Waals surface area contributed by atoms with Crippen LogP contribution in [0.1, 0.15) is 52.4 Å². The zero-order valence-corrected chi connectivity index (χ0v) is 12.7. The summed E-state index contributed by atoms with van der Waals surface area (Å²) < 4.78 is 16.1. The topological polar surface area (TPSA) is 47.9 Å². The number of hydrogen-bond acceptors (Lipinski definition) is 4. The fourth-order valence-electron chi connectivity index (χ4n) is 1.58. The zero-order chi connectivity index (χ0) is 14.2. The van der Waals surface area contributed by atoms with Crippen molar-refractivity contribution in [2.24, 2.45) is 0 Å². The summed E-state index contributed by atoms with van der Waals surface area (Å²) in [6, 6.07) is 0. The second-order valence-corrected chi connectivity index (χ2v) is 4.83.